The summed E-state index contributed by atoms with van der Waals surface area (Å²) in [4.78, 5) is 18.7. The summed E-state index contributed by atoms with van der Waals surface area (Å²) in [6.45, 7) is 0.266. The van der Waals surface area contributed by atoms with Gasteiger partial charge in [-0.1, -0.05) is 0 Å². The molecule has 0 bridgehead atoms. The van der Waals surface area contributed by atoms with E-state index in [4.69, 9.17) is 15.2 Å². The molecule has 1 aliphatic heterocycles. The van der Waals surface area contributed by atoms with Crippen LogP contribution in [0, 0.1) is 0 Å². The van der Waals surface area contributed by atoms with Gasteiger partial charge < -0.3 is 20.3 Å². The highest BCUT2D eigenvalue weighted by molar-refractivity contribution is 5.09. The van der Waals surface area contributed by atoms with E-state index in [9.17, 15) is 9.90 Å². The van der Waals surface area contributed by atoms with E-state index in [2.05, 4.69) is 9.97 Å². The Morgan fingerprint density at radius 2 is 2.53 bits per heavy atom. The largest absolute Gasteiger partial charge is 0.390 e. The number of anilines is 1. The number of rotatable bonds is 3. The van der Waals surface area contributed by atoms with Crippen molar-refractivity contribution >= 4 is 5.95 Å². The third kappa shape index (κ3) is 2.43. The molecule has 1 aromatic rings. The van der Waals surface area contributed by atoms with Crippen LogP contribution in [0.2, 0.25) is 0 Å². The second kappa shape index (κ2) is 4.78. The van der Waals surface area contributed by atoms with Gasteiger partial charge in [0.05, 0.1) is 12.7 Å². The lowest BCUT2D eigenvalue weighted by Crippen LogP contribution is -2.29. The molecule has 1 aromatic heterocycles. The van der Waals surface area contributed by atoms with Gasteiger partial charge in [0.15, 0.2) is 0 Å². The minimum atomic E-state index is -0.676. The van der Waals surface area contributed by atoms with Crippen LogP contribution in [0.4, 0.5) is 5.95 Å². The van der Waals surface area contributed by atoms with Crippen molar-refractivity contribution in [2.45, 2.75) is 24.9 Å². The Morgan fingerprint density at radius 3 is 3.18 bits per heavy atom. The number of nitrogen functional groups attached to an aromatic ring is 1. The van der Waals surface area contributed by atoms with Gasteiger partial charge in [0.2, 0.25) is 5.95 Å². The Balaban J connectivity index is 2.17. The Bertz CT molecular complexity index is 449. The van der Waals surface area contributed by atoms with Crippen molar-refractivity contribution in [1.29, 1.82) is 0 Å². The van der Waals surface area contributed by atoms with Gasteiger partial charge >= 0.3 is 5.69 Å². The number of methoxy groups -OCH3 is 1. The summed E-state index contributed by atoms with van der Waals surface area (Å²) in [7, 11) is 1.52. The van der Waals surface area contributed by atoms with Crippen molar-refractivity contribution in [2.75, 3.05) is 19.5 Å². The summed E-state index contributed by atoms with van der Waals surface area (Å²) >= 11 is 0. The third-order valence-corrected chi connectivity index (χ3v) is 2.59. The fraction of sp³-hybridized carbons (Fsp3) is 0.667. The van der Waals surface area contributed by atoms with Gasteiger partial charge in [-0.15, -0.1) is 0 Å². The van der Waals surface area contributed by atoms with E-state index in [1.54, 1.807) is 0 Å². The first-order valence-corrected chi connectivity index (χ1v) is 5.15. The SMILES string of the molecule is COCC1OC(n2cnc(N)nc2=O)CC1O. The molecule has 1 aliphatic rings. The average molecular weight is 242 g/mol. The van der Waals surface area contributed by atoms with Gasteiger partial charge in [-0.2, -0.15) is 4.98 Å². The molecule has 0 saturated carbocycles. The Morgan fingerprint density at radius 1 is 1.76 bits per heavy atom. The van der Waals surface area contributed by atoms with Crippen molar-refractivity contribution in [3.63, 3.8) is 0 Å². The lowest BCUT2D eigenvalue weighted by atomic mass is 10.2. The Labute approximate surface area is 97.0 Å². The van der Waals surface area contributed by atoms with Crippen LogP contribution in [0.25, 0.3) is 0 Å². The lowest BCUT2D eigenvalue weighted by molar-refractivity contribution is -0.0549. The van der Waals surface area contributed by atoms with Crippen LogP contribution in [-0.2, 0) is 9.47 Å². The number of aromatic nitrogens is 3. The average Bonchev–Trinajstić information content (AvgIpc) is 2.60. The molecule has 0 amide bonds. The number of nitrogens with zero attached hydrogens (tertiary/aromatic N) is 3. The molecular weight excluding hydrogens is 228 g/mol. The Kier molecular flexibility index (Phi) is 3.36. The van der Waals surface area contributed by atoms with Crippen LogP contribution in [0.3, 0.4) is 0 Å². The maximum absolute atomic E-state index is 11.5. The van der Waals surface area contributed by atoms with E-state index in [-0.39, 0.29) is 12.6 Å². The predicted molar refractivity (Wildman–Crippen MR) is 57.1 cm³/mol. The monoisotopic (exact) mass is 242 g/mol. The molecule has 0 aliphatic carbocycles. The maximum Gasteiger partial charge on any atom is 0.354 e. The highest BCUT2D eigenvalue weighted by Crippen LogP contribution is 2.27. The molecule has 0 aromatic carbocycles. The van der Waals surface area contributed by atoms with E-state index >= 15 is 0 Å². The van der Waals surface area contributed by atoms with Crippen molar-refractivity contribution in [3.8, 4) is 0 Å². The minimum absolute atomic E-state index is 0.0850. The molecule has 2 heterocycles. The standard InChI is InChI=1S/C9H14N4O4/c1-16-3-6-5(14)2-7(17-6)13-4-11-8(10)12-9(13)15/h4-7,14H,2-3H2,1H3,(H2,10,12,15). The summed E-state index contributed by atoms with van der Waals surface area (Å²) < 4.78 is 11.6. The molecule has 8 heteroatoms. The van der Waals surface area contributed by atoms with Gasteiger partial charge in [0.25, 0.3) is 0 Å². The molecular formula is C9H14N4O4. The number of hydrogen-bond acceptors (Lipinski definition) is 7. The smallest absolute Gasteiger partial charge is 0.354 e. The van der Waals surface area contributed by atoms with E-state index in [1.807, 2.05) is 0 Å². The summed E-state index contributed by atoms with van der Waals surface area (Å²) in [6, 6.07) is 0. The molecule has 94 valence electrons. The summed E-state index contributed by atoms with van der Waals surface area (Å²) in [6.07, 6.45) is -0.157. The van der Waals surface area contributed by atoms with Crippen molar-refractivity contribution < 1.29 is 14.6 Å². The van der Waals surface area contributed by atoms with Crippen molar-refractivity contribution in [3.05, 3.63) is 16.8 Å². The number of aliphatic hydroxyl groups excluding tert-OH is 1. The van der Waals surface area contributed by atoms with E-state index in [1.165, 1.54) is 18.0 Å². The second-order valence-corrected chi connectivity index (χ2v) is 3.79. The zero-order valence-electron chi connectivity index (χ0n) is 9.31. The summed E-state index contributed by atoms with van der Waals surface area (Å²) in [5.74, 6) is -0.0850. The number of hydrogen-bond donors (Lipinski definition) is 2. The molecule has 0 radical (unpaired) electrons. The fourth-order valence-electron chi connectivity index (χ4n) is 1.75. The van der Waals surface area contributed by atoms with Crippen LogP contribution < -0.4 is 11.4 Å². The molecule has 3 unspecified atom stereocenters. The first kappa shape index (κ1) is 12.0. The van der Waals surface area contributed by atoms with E-state index in [0.29, 0.717) is 6.42 Å². The molecule has 3 atom stereocenters. The highest BCUT2D eigenvalue weighted by Gasteiger charge is 2.35. The van der Waals surface area contributed by atoms with Gasteiger partial charge in [-0.05, 0) is 0 Å². The number of aliphatic hydroxyl groups is 1. The Hall–Kier alpha value is -1.51. The molecule has 1 saturated heterocycles. The highest BCUT2D eigenvalue weighted by atomic mass is 16.6. The van der Waals surface area contributed by atoms with Crippen LogP contribution in [0.1, 0.15) is 12.6 Å². The van der Waals surface area contributed by atoms with Crippen LogP contribution in [0.15, 0.2) is 11.1 Å². The van der Waals surface area contributed by atoms with Crippen LogP contribution in [-0.4, -0.2) is 45.6 Å². The third-order valence-electron chi connectivity index (χ3n) is 2.59. The summed E-state index contributed by atoms with van der Waals surface area (Å²) in [5.41, 5.74) is 4.73. The van der Waals surface area contributed by atoms with E-state index < -0.39 is 24.1 Å². The second-order valence-electron chi connectivity index (χ2n) is 3.79. The first-order chi connectivity index (χ1) is 8.11. The van der Waals surface area contributed by atoms with Crippen LogP contribution in [0.5, 0.6) is 0 Å². The fourth-order valence-corrected chi connectivity index (χ4v) is 1.75. The zero-order valence-corrected chi connectivity index (χ0v) is 9.31. The van der Waals surface area contributed by atoms with Gasteiger partial charge in [-0.25, -0.2) is 9.78 Å². The molecule has 8 nitrogen and oxygen atoms in total. The van der Waals surface area contributed by atoms with Gasteiger partial charge in [-0.3, -0.25) is 4.57 Å². The minimum Gasteiger partial charge on any atom is -0.390 e. The maximum atomic E-state index is 11.5. The molecule has 0 spiro atoms. The first-order valence-electron chi connectivity index (χ1n) is 5.15. The van der Waals surface area contributed by atoms with Crippen molar-refractivity contribution in [2.24, 2.45) is 0 Å². The van der Waals surface area contributed by atoms with Crippen molar-refractivity contribution in [1.82, 2.24) is 14.5 Å². The quantitative estimate of drug-likeness (QED) is 0.664. The summed E-state index contributed by atoms with van der Waals surface area (Å²) in [5, 5.41) is 9.71. The zero-order chi connectivity index (χ0) is 12.4. The predicted octanol–water partition coefficient (Wildman–Crippen LogP) is -1.48. The van der Waals surface area contributed by atoms with Gasteiger partial charge in [0.1, 0.15) is 18.7 Å². The number of nitrogens with two attached hydrogens (primary N) is 1. The van der Waals surface area contributed by atoms with Gasteiger partial charge in [0, 0.05) is 13.5 Å². The number of ether oxygens (including phenoxy) is 2. The topological polar surface area (TPSA) is 112 Å². The molecule has 2 rings (SSSR count). The molecule has 3 N–H and O–H groups in total. The normalized spacial score (nSPS) is 28.5. The molecule has 17 heavy (non-hydrogen) atoms. The lowest BCUT2D eigenvalue weighted by Gasteiger charge is -2.14. The molecule has 1 fully saturated rings. The van der Waals surface area contributed by atoms with E-state index in [0.717, 1.165) is 0 Å². The van der Waals surface area contributed by atoms with Crippen LogP contribution >= 0.6 is 0 Å².